The molecule has 2 aromatic rings. The van der Waals surface area contributed by atoms with Crippen LogP contribution in [-0.2, 0) is 6.54 Å². The molecular formula is C12H16N2O2. The van der Waals surface area contributed by atoms with E-state index in [4.69, 9.17) is 8.94 Å². The van der Waals surface area contributed by atoms with Gasteiger partial charge in [-0.15, -0.1) is 0 Å². The summed E-state index contributed by atoms with van der Waals surface area (Å²) in [5.41, 5.74) is 1.98. The van der Waals surface area contributed by atoms with Gasteiger partial charge in [0.15, 0.2) is 5.76 Å². The molecule has 0 aliphatic rings. The second kappa shape index (κ2) is 4.99. The zero-order valence-electron chi connectivity index (χ0n) is 9.62. The van der Waals surface area contributed by atoms with Crippen LogP contribution in [0.1, 0.15) is 24.6 Å². The lowest BCUT2D eigenvalue weighted by molar-refractivity contribution is 0.407. The molecule has 0 amide bonds. The van der Waals surface area contributed by atoms with Crippen LogP contribution in [0.2, 0.25) is 0 Å². The van der Waals surface area contributed by atoms with Crippen LogP contribution in [0, 0.1) is 6.92 Å². The van der Waals surface area contributed by atoms with E-state index in [1.165, 1.54) is 0 Å². The minimum Gasteiger partial charge on any atom is -0.461 e. The third-order valence-electron chi connectivity index (χ3n) is 2.48. The van der Waals surface area contributed by atoms with Crippen LogP contribution in [0.5, 0.6) is 0 Å². The molecule has 0 radical (unpaired) electrons. The highest BCUT2D eigenvalue weighted by atomic mass is 16.5. The van der Waals surface area contributed by atoms with Crippen molar-refractivity contribution in [1.29, 1.82) is 0 Å². The Hall–Kier alpha value is -1.55. The third-order valence-corrected chi connectivity index (χ3v) is 2.48. The number of aromatic nitrogens is 1. The summed E-state index contributed by atoms with van der Waals surface area (Å²) in [6, 6.07) is 3.71. The van der Waals surface area contributed by atoms with Crippen LogP contribution >= 0.6 is 0 Å². The van der Waals surface area contributed by atoms with Gasteiger partial charge in [-0.25, -0.2) is 0 Å². The van der Waals surface area contributed by atoms with Crippen molar-refractivity contribution in [1.82, 2.24) is 10.5 Å². The van der Waals surface area contributed by atoms with Crippen molar-refractivity contribution >= 4 is 0 Å². The Morgan fingerprint density at radius 3 is 3.00 bits per heavy atom. The normalized spacial score (nSPS) is 10.9. The summed E-state index contributed by atoms with van der Waals surface area (Å²) in [6.45, 7) is 5.86. The summed E-state index contributed by atoms with van der Waals surface area (Å²) in [5, 5.41) is 7.34. The maximum Gasteiger partial charge on any atom is 0.205 e. The fraction of sp³-hybridized carbons (Fsp3) is 0.417. The first kappa shape index (κ1) is 11.0. The highest BCUT2D eigenvalue weighted by Gasteiger charge is 2.14. The highest BCUT2D eigenvalue weighted by molar-refractivity contribution is 5.55. The Kier molecular flexibility index (Phi) is 3.41. The molecule has 0 bridgehead atoms. The number of nitrogens with zero attached hydrogens (tertiary/aromatic N) is 1. The second-order valence-electron chi connectivity index (χ2n) is 3.74. The summed E-state index contributed by atoms with van der Waals surface area (Å²) >= 11 is 0. The van der Waals surface area contributed by atoms with Gasteiger partial charge >= 0.3 is 0 Å². The molecule has 86 valence electrons. The maximum absolute atomic E-state index is 5.29. The van der Waals surface area contributed by atoms with Gasteiger partial charge in [0.2, 0.25) is 5.76 Å². The summed E-state index contributed by atoms with van der Waals surface area (Å²) in [5.74, 6) is 1.45. The first-order chi connectivity index (χ1) is 7.83. The van der Waals surface area contributed by atoms with Crippen LogP contribution < -0.4 is 5.32 Å². The van der Waals surface area contributed by atoms with Crippen molar-refractivity contribution in [2.45, 2.75) is 26.8 Å². The zero-order chi connectivity index (χ0) is 11.4. The van der Waals surface area contributed by atoms with E-state index in [1.54, 1.807) is 6.26 Å². The Bertz CT molecular complexity index is 432. The third kappa shape index (κ3) is 2.17. The van der Waals surface area contributed by atoms with E-state index < -0.39 is 0 Å². The zero-order valence-corrected chi connectivity index (χ0v) is 9.62. The molecule has 0 spiro atoms. The van der Waals surface area contributed by atoms with Gasteiger partial charge in [-0.1, -0.05) is 12.1 Å². The molecule has 2 heterocycles. The quantitative estimate of drug-likeness (QED) is 0.787. The van der Waals surface area contributed by atoms with Gasteiger partial charge in [-0.05, 0) is 32.0 Å². The summed E-state index contributed by atoms with van der Waals surface area (Å²) in [6.07, 6.45) is 2.74. The van der Waals surface area contributed by atoms with E-state index in [1.807, 2.05) is 19.1 Å². The fourth-order valence-electron chi connectivity index (χ4n) is 1.55. The predicted molar refractivity (Wildman–Crippen MR) is 60.9 cm³/mol. The van der Waals surface area contributed by atoms with Crippen LogP contribution in [0.4, 0.5) is 0 Å². The summed E-state index contributed by atoms with van der Waals surface area (Å²) in [7, 11) is 0. The lowest BCUT2D eigenvalue weighted by atomic mass is 10.2. The Labute approximate surface area is 94.6 Å². The molecule has 0 aliphatic heterocycles. The van der Waals surface area contributed by atoms with E-state index in [0.717, 1.165) is 42.3 Å². The minimum absolute atomic E-state index is 0.721. The molecule has 0 unspecified atom stereocenters. The number of nitrogens with one attached hydrogen (secondary N) is 1. The Morgan fingerprint density at radius 1 is 1.44 bits per heavy atom. The topological polar surface area (TPSA) is 51.2 Å². The van der Waals surface area contributed by atoms with E-state index in [9.17, 15) is 0 Å². The lowest BCUT2D eigenvalue weighted by Crippen LogP contribution is -2.14. The fourth-order valence-corrected chi connectivity index (χ4v) is 1.55. The van der Waals surface area contributed by atoms with Crippen molar-refractivity contribution < 1.29 is 8.94 Å². The van der Waals surface area contributed by atoms with Gasteiger partial charge in [0.05, 0.1) is 6.26 Å². The number of rotatable bonds is 5. The van der Waals surface area contributed by atoms with Gasteiger partial charge in [0, 0.05) is 12.1 Å². The lowest BCUT2D eigenvalue weighted by Gasteiger charge is -1.99. The SMILES string of the molecule is CCCNCc1noc(-c2ccco2)c1C. The largest absolute Gasteiger partial charge is 0.461 e. The van der Waals surface area contributed by atoms with Crippen LogP contribution in [-0.4, -0.2) is 11.7 Å². The first-order valence-electron chi connectivity index (χ1n) is 5.52. The smallest absolute Gasteiger partial charge is 0.205 e. The maximum atomic E-state index is 5.29. The van der Waals surface area contributed by atoms with Crippen LogP contribution in [0.25, 0.3) is 11.5 Å². The van der Waals surface area contributed by atoms with E-state index in [0.29, 0.717) is 0 Å². The van der Waals surface area contributed by atoms with E-state index in [2.05, 4.69) is 17.4 Å². The summed E-state index contributed by atoms with van der Waals surface area (Å²) < 4.78 is 10.6. The summed E-state index contributed by atoms with van der Waals surface area (Å²) in [4.78, 5) is 0. The molecule has 0 atom stereocenters. The van der Waals surface area contributed by atoms with Gasteiger partial charge in [0.1, 0.15) is 5.69 Å². The molecule has 0 aromatic carbocycles. The molecule has 4 heteroatoms. The van der Waals surface area contributed by atoms with Crippen molar-refractivity contribution in [2.24, 2.45) is 0 Å². The Balaban J connectivity index is 2.12. The molecule has 2 aromatic heterocycles. The molecule has 0 aliphatic carbocycles. The highest BCUT2D eigenvalue weighted by Crippen LogP contribution is 2.25. The molecule has 2 rings (SSSR count). The standard InChI is InChI=1S/C12H16N2O2/c1-3-6-13-8-10-9(2)12(16-14-10)11-5-4-7-15-11/h4-5,7,13H,3,6,8H2,1-2H3. The Morgan fingerprint density at radius 2 is 2.31 bits per heavy atom. The minimum atomic E-state index is 0.721. The van der Waals surface area contributed by atoms with Gasteiger partial charge in [0.25, 0.3) is 0 Å². The molecule has 1 N–H and O–H groups in total. The monoisotopic (exact) mass is 220 g/mol. The molecule has 4 nitrogen and oxygen atoms in total. The van der Waals surface area contributed by atoms with Crippen LogP contribution in [0.15, 0.2) is 27.3 Å². The molecule has 0 fully saturated rings. The molecular weight excluding hydrogens is 204 g/mol. The van der Waals surface area contributed by atoms with Crippen LogP contribution in [0.3, 0.4) is 0 Å². The molecule has 0 saturated carbocycles. The first-order valence-corrected chi connectivity index (χ1v) is 5.52. The molecule has 0 saturated heterocycles. The number of hydrogen-bond acceptors (Lipinski definition) is 4. The second-order valence-corrected chi connectivity index (χ2v) is 3.74. The number of hydrogen-bond donors (Lipinski definition) is 1. The van der Waals surface area contributed by atoms with Gasteiger partial charge in [-0.2, -0.15) is 0 Å². The average Bonchev–Trinajstić information content (AvgIpc) is 2.89. The van der Waals surface area contributed by atoms with Crippen molar-refractivity contribution in [3.8, 4) is 11.5 Å². The van der Waals surface area contributed by atoms with E-state index >= 15 is 0 Å². The van der Waals surface area contributed by atoms with Crippen molar-refractivity contribution in [2.75, 3.05) is 6.54 Å². The average molecular weight is 220 g/mol. The predicted octanol–water partition coefficient (Wildman–Crippen LogP) is 2.74. The van der Waals surface area contributed by atoms with Gasteiger partial charge in [-0.3, -0.25) is 0 Å². The molecule has 16 heavy (non-hydrogen) atoms. The van der Waals surface area contributed by atoms with Crippen molar-refractivity contribution in [3.05, 3.63) is 29.7 Å². The van der Waals surface area contributed by atoms with Crippen molar-refractivity contribution in [3.63, 3.8) is 0 Å². The van der Waals surface area contributed by atoms with Gasteiger partial charge < -0.3 is 14.3 Å². The van der Waals surface area contributed by atoms with E-state index in [-0.39, 0.29) is 0 Å². The number of furan rings is 1.